The zero-order valence-electron chi connectivity index (χ0n) is 16.2. The number of hydrogen-bond acceptors (Lipinski definition) is 5. The van der Waals surface area contributed by atoms with Crippen LogP contribution in [0.5, 0.6) is 0 Å². The molecule has 0 atom stereocenters. The summed E-state index contributed by atoms with van der Waals surface area (Å²) < 4.78 is 1.58. The lowest BCUT2D eigenvalue weighted by atomic mass is 10.1. The summed E-state index contributed by atoms with van der Waals surface area (Å²) in [7, 11) is 0. The van der Waals surface area contributed by atoms with Crippen molar-refractivity contribution in [2.45, 2.75) is 0 Å². The van der Waals surface area contributed by atoms with Gasteiger partial charge in [-0.2, -0.15) is 0 Å². The third-order valence-corrected chi connectivity index (χ3v) is 5.28. The number of para-hydroxylation sites is 1. The fraction of sp³-hybridized carbons (Fsp3) is 0.182. The molecule has 8 heteroatoms. The van der Waals surface area contributed by atoms with Crippen LogP contribution in [-0.2, 0) is 0 Å². The highest BCUT2D eigenvalue weighted by molar-refractivity contribution is 5.94. The van der Waals surface area contributed by atoms with E-state index in [1.165, 1.54) is 0 Å². The first-order valence-corrected chi connectivity index (χ1v) is 9.84. The molecule has 0 unspecified atom stereocenters. The van der Waals surface area contributed by atoms with E-state index < -0.39 is 0 Å². The normalized spacial score (nSPS) is 14.2. The number of carbonyl (C=O) groups excluding carboxylic acids is 1. The number of carbonyl (C=O) groups is 1. The molecule has 0 aliphatic carbocycles. The van der Waals surface area contributed by atoms with Gasteiger partial charge in [0, 0.05) is 37.3 Å². The van der Waals surface area contributed by atoms with Crippen LogP contribution in [0, 0.1) is 0 Å². The fourth-order valence-corrected chi connectivity index (χ4v) is 3.68. The first-order valence-electron chi connectivity index (χ1n) is 9.84. The molecule has 2 aromatic carbocycles. The smallest absolute Gasteiger partial charge is 0.258 e. The zero-order valence-corrected chi connectivity index (χ0v) is 16.2. The predicted octanol–water partition coefficient (Wildman–Crippen LogP) is 1.82. The summed E-state index contributed by atoms with van der Waals surface area (Å²) in [5, 5.41) is 12.5. The number of nitrogens with zero attached hydrogens (tertiary/aromatic N) is 4. The topological polar surface area (TPSA) is 95.9 Å². The monoisotopic (exact) mass is 400 g/mol. The number of hydrogen-bond donors (Lipinski definition) is 2. The molecule has 3 heterocycles. The number of amides is 1. The third-order valence-electron chi connectivity index (χ3n) is 5.28. The molecule has 0 saturated carbocycles. The van der Waals surface area contributed by atoms with Crippen molar-refractivity contribution >= 4 is 16.8 Å². The van der Waals surface area contributed by atoms with E-state index in [0.29, 0.717) is 35.6 Å². The maximum absolute atomic E-state index is 12.8. The van der Waals surface area contributed by atoms with E-state index in [1.807, 2.05) is 47.4 Å². The van der Waals surface area contributed by atoms with Crippen LogP contribution in [0.3, 0.4) is 0 Å². The van der Waals surface area contributed by atoms with E-state index in [2.05, 4.69) is 20.6 Å². The quantitative estimate of drug-likeness (QED) is 0.547. The zero-order chi connectivity index (χ0) is 20.5. The molecular weight excluding hydrogens is 380 g/mol. The van der Waals surface area contributed by atoms with Crippen LogP contribution in [0.2, 0.25) is 0 Å². The van der Waals surface area contributed by atoms with Crippen molar-refractivity contribution in [3.05, 3.63) is 76.7 Å². The molecule has 0 radical (unpaired) electrons. The summed E-state index contributed by atoms with van der Waals surface area (Å²) in [6, 6.07) is 16.7. The highest BCUT2D eigenvalue weighted by atomic mass is 16.2. The molecule has 1 amide bonds. The number of piperazine rings is 1. The second kappa shape index (κ2) is 7.57. The number of aromatic amines is 1. The van der Waals surface area contributed by atoms with Gasteiger partial charge in [0.25, 0.3) is 11.5 Å². The van der Waals surface area contributed by atoms with Gasteiger partial charge in [-0.25, -0.2) is 4.68 Å². The Kier molecular flexibility index (Phi) is 4.61. The van der Waals surface area contributed by atoms with Crippen LogP contribution in [0.1, 0.15) is 10.4 Å². The first-order chi connectivity index (χ1) is 14.7. The molecule has 4 aromatic rings. The van der Waals surface area contributed by atoms with Gasteiger partial charge in [-0.15, -0.1) is 5.10 Å². The summed E-state index contributed by atoms with van der Waals surface area (Å²) in [6.07, 6.45) is 1.70. The summed E-state index contributed by atoms with van der Waals surface area (Å²) in [4.78, 5) is 30.0. The number of benzene rings is 2. The Labute approximate surface area is 172 Å². The first kappa shape index (κ1) is 18.3. The van der Waals surface area contributed by atoms with Gasteiger partial charge in [0.1, 0.15) is 5.69 Å². The Morgan fingerprint density at radius 2 is 1.83 bits per heavy atom. The number of pyridine rings is 1. The Morgan fingerprint density at radius 3 is 2.70 bits per heavy atom. The molecule has 1 saturated heterocycles. The minimum atomic E-state index is -0.219. The van der Waals surface area contributed by atoms with Crippen LogP contribution in [0.25, 0.3) is 27.8 Å². The van der Waals surface area contributed by atoms with Crippen LogP contribution < -0.4 is 10.9 Å². The highest BCUT2D eigenvalue weighted by Crippen LogP contribution is 2.19. The summed E-state index contributed by atoms with van der Waals surface area (Å²) >= 11 is 0. The molecule has 150 valence electrons. The third kappa shape index (κ3) is 3.37. The van der Waals surface area contributed by atoms with Crippen molar-refractivity contribution in [2.24, 2.45) is 0 Å². The van der Waals surface area contributed by atoms with Gasteiger partial charge in [-0.3, -0.25) is 9.59 Å². The molecule has 2 aromatic heterocycles. The standard InChI is InChI=1S/C22H20N6O2/c29-21-18(13-15-4-1-2-7-19(15)24-21)20-14-28(26-25-20)17-6-3-5-16(12-17)22(30)27-10-8-23-9-11-27/h1-7,12-14,23H,8-11H2,(H,24,29). The van der Waals surface area contributed by atoms with E-state index in [9.17, 15) is 9.59 Å². The number of H-pyrrole nitrogens is 1. The maximum Gasteiger partial charge on any atom is 0.258 e. The van der Waals surface area contributed by atoms with E-state index in [0.717, 1.165) is 24.0 Å². The second-order valence-electron chi connectivity index (χ2n) is 7.24. The van der Waals surface area contributed by atoms with Crippen LogP contribution >= 0.6 is 0 Å². The molecular formula is C22H20N6O2. The molecule has 0 spiro atoms. The Hall–Kier alpha value is -3.78. The van der Waals surface area contributed by atoms with E-state index >= 15 is 0 Å². The number of aromatic nitrogens is 4. The minimum absolute atomic E-state index is 0.00432. The predicted molar refractivity (Wildman–Crippen MR) is 114 cm³/mol. The summed E-state index contributed by atoms with van der Waals surface area (Å²) in [5.74, 6) is 0.00432. The van der Waals surface area contributed by atoms with Gasteiger partial charge in [0.05, 0.1) is 17.4 Å². The fourth-order valence-electron chi connectivity index (χ4n) is 3.68. The molecule has 8 nitrogen and oxygen atoms in total. The Balaban J connectivity index is 1.47. The molecule has 0 bridgehead atoms. The molecule has 1 aliphatic rings. The van der Waals surface area contributed by atoms with Gasteiger partial charge in [-0.05, 0) is 35.7 Å². The molecule has 5 rings (SSSR count). The molecule has 30 heavy (non-hydrogen) atoms. The molecule has 1 aliphatic heterocycles. The van der Waals surface area contributed by atoms with Crippen molar-refractivity contribution in [1.29, 1.82) is 0 Å². The van der Waals surface area contributed by atoms with Crippen molar-refractivity contribution in [2.75, 3.05) is 26.2 Å². The van der Waals surface area contributed by atoms with Crippen molar-refractivity contribution in [3.63, 3.8) is 0 Å². The molecule has 1 fully saturated rings. The average molecular weight is 400 g/mol. The lowest BCUT2D eigenvalue weighted by Crippen LogP contribution is -2.46. The lowest BCUT2D eigenvalue weighted by molar-refractivity contribution is 0.0736. The van der Waals surface area contributed by atoms with Crippen LogP contribution in [-0.4, -0.2) is 57.0 Å². The van der Waals surface area contributed by atoms with Crippen LogP contribution in [0.15, 0.2) is 65.6 Å². The SMILES string of the molecule is O=C(c1cccc(-n2cc(-c3cc4ccccc4[nH]c3=O)nn2)c1)N1CCNCC1. The minimum Gasteiger partial charge on any atom is -0.336 e. The van der Waals surface area contributed by atoms with Gasteiger partial charge in [0.2, 0.25) is 0 Å². The summed E-state index contributed by atoms with van der Waals surface area (Å²) in [6.45, 7) is 3.00. The number of fused-ring (bicyclic) bond motifs is 1. The number of nitrogens with one attached hydrogen (secondary N) is 2. The largest absolute Gasteiger partial charge is 0.336 e. The Bertz CT molecular complexity index is 1290. The van der Waals surface area contributed by atoms with Crippen LogP contribution in [0.4, 0.5) is 0 Å². The second-order valence-corrected chi connectivity index (χ2v) is 7.24. The van der Waals surface area contributed by atoms with Gasteiger partial charge in [-0.1, -0.05) is 29.5 Å². The summed E-state index contributed by atoms with van der Waals surface area (Å²) in [5.41, 5.74) is 2.80. The van der Waals surface area contributed by atoms with Crippen molar-refractivity contribution < 1.29 is 4.79 Å². The highest BCUT2D eigenvalue weighted by Gasteiger charge is 2.18. The molecule has 2 N–H and O–H groups in total. The van der Waals surface area contributed by atoms with Gasteiger partial charge >= 0.3 is 0 Å². The van der Waals surface area contributed by atoms with Gasteiger partial charge < -0.3 is 15.2 Å². The van der Waals surface area contributed by atoms with Crippen molar-refractivity contribution in [1.82, 2.24) is 30.2 Å². The maximum atomic E-state index is 12.8. The van der Waals surface area contributed by atoms with E-state index in [-0.39, 0.29) is 11.5 Å². The lowest BCUT2D eigenvalue weighted by Gasteiger charge is -2.27. The van der Waals surface area contributed by atoms with E-state index in [4.69, 9.17) is 0 Å². The Morgan fingerprint density at radius 1 is 1.00 bits per heavy atom. The number of rotatable bonds is 3. The average Bonchev–Trinajstić information content (AvgIpc) is 3.29. The van der Waals surface area contributed by atoms with Crippen molar-refractivity contribution in [3.8, 4) is 16.9 Å². The van der Waals surface area contributed by atoms with E-state index in [1.54, 1.807) is 23.0 Å². The van der Waals surface area contributed by atoms with Gasteiger partial charge in [0.15, 0.2) is 0 Å².